The van der Waals surface area contributed by atoms with Crippen molar-refractivity contribution in [1.29, 1.82) is 0 Å². The number of nitrogens with zero attached hydrogens (tertiary/aromatic N) is 3. The van der Waals surface area contributed by atoms with E-state index in [9.17, 15) is 18.0 Å². The van der Waals surface area contributed by atoms with E-state index in [1.165, 1.54) is 19.9 Å². The second-order valence-corrected chi connectivity index (χ2v) is 12.1. The summed E-state index contributed by atoms with van der Waals surface area (Å²) in [5, 5.41) is 6.89. The minimum absolute atomic E-state index is 0.00170. The summed E-state index contributed by atoms with van der Waals surface area (Å²) in [4.78, 5) is 19.3. The van der Waals surface area contributed by atoms with Crippen LogP contribution in [0.25, 0.3) is 11.1 Å². The van der Waals surface area contributed by atoms with E-state index in [2.05, 4.69) is 20.2 Å². The smallest absolute Gasteiger partial charge is 0.345 e. The van der Waals surface area contributed by atoms with E-state index in [-0.39, 0.29) is 24.1 Å². The molecule has 1 N–H and O–H groups in total. The summed E-state index contributed by atoms with van der Waals surface area (Å²) in [5.74, 6) is 0.601. The van der Waals surface area contributed by atoms with Gasteiger partial charge < -0.3 is 19.3 Å². The minimum atomic E-state index is -2.82. The SMILES string of the molecule is CC(C)Oc1ccc(-c2cc(N(CCCCCc3noc(C(C)(C)F)n3)C(=O)N[C@H]3CC[C@H](OC(F)F)CC3)ccc2F)cc1. The number of urea groups is 1. The van der Waals surface area contributed by atoms with Gasteiger partial charge in [0.2, 0.25) is 0 Å². The number of carbonyl (C=O) groups is 1. The number of carbonyl (C=O) groups excluding carboxylic acids is 1. The van der Waals surface area contributed by atoms with E-state index >= 15 is 4.39 Å². The van der Waals surface area contributed by atoms with E-state index in [1.54, 1.807) is 41.3 Å². The minimum Gasteiger partial charge on any atom is -0.491 e. The van der Waals surface area contributed by atoms with Crippen molar-refractivity contribution in [1.82, 2.24) is 15.5 Å². The molecule has 246 valence electrons. The van der Waals surface area contributed by atoms with Crippen molar-refractivity contribution in [3.05, 3.63) is 60.0 Å². The van der Waals surface area contributed by atoms with Crippen molar-refractivity contribution in [2.45, 2.75) is 110 Å². The van der Waals surface area contributed by atoms with E-state index in [0.29, 0.717) is 86.3 Å². The van der Waals surface area contributed by atoms with Crippen LogP contribution in [-0.2, 0) is 16.8 Å². The Morgan fingerprint density at radius 2 is 1.78 bits per heavy atom. The quantitative estimate of drug-likeness (QED) is 0.142. The zero-order chi connectivity index (χ0) is 32.6. The Balaban J connectivity index is 1.45. The number of rotatable bonds is 14. The number of amides is 2. The Bertz CT molecular complexity index is 1370. The van der Waals surface area contributed by atoms with E-state index in [4.69, 9.17) is 9.26 Å². The molecular weight excluding hydrogens is 592 g/mol. The van der Waals surface area contributed by atoms with Crippen molar-refractivity contribution in [3.8, 4) is 16.9 Å². The van der Waals surface area contributed by atoms with Crippen LogP contribution in [0.5, 0.6) is 5.75 Å². The fraction of sp³-hybridized carbons (Fsp3) is 0.545. The van der Waals surface area contributed by atoms with Crippen LogP contribution in [0.4, 0.5) is 28.0 Å². The number of hydrogen-bond donors (Lipinski definition) is 1. The number of aryl methyl sites for hydroxylation is 1. The van der Waals surface area contributed by atoms with Gasteiger partial charge in [-0.05, 0) is 102 Å². The first kappa shape index (κ1) is 34.2. The zero-order valence-electron chi connectivity index (χ0n) is 26.2. The van der Waals surface area contributed by atoms with Crippen LogP contribution in [0, 0.1) is 5.82 Å². The number of alkyl halides is 3. The molecule has 4 rings (SSSR count). The topological polar surface area (TPSA) is 89.7 Å². The Morgan fingerprint density at radius 1 is 1.07 bits per heavy atom. The highest BCUT2D eigenvalue weighted by Gasteiger charge is 2.28. The van der Waals surface area contributed by atoms with E-state index < -0.39 is 24.2 Å². The van der Waals surface area contributed by atoms with Gasteiger partial charge in [0.1, 0.15) is 11.6 Å². The number of ether oxygens (including phenoxy) is 2. The van der Waals surface area contributed by atoms with Gasteiger partial charge in [-0.25, -0.2) is 13.6 Å². The first-order valence-electron chi connectivity index (χ1n) is 15.5. The monoisotopic (exact) mass is 634 g/mol. The molecular formula is C33H42F4N4O4. The van der Waals surface area contributed by atoms with Gasteiger partial charge in [-0.3, -0.25) is 4.90 Å². The molecule has 1 aliphatic rings. The molecule has 1 aliphatic carbocycles. The average Bonchev–Trinajstić information content (AvgIpc) is 3.46. The van der Waals surface area contributed by atoms with Crippen LogP contribution in [0.1, 0.15) is 84.4 Å². The van der Waals surface area contributed by atoms with Gasteiger partial charge in [-0.2, -0.15) is 13.8 Å². The largest absolute Gasteiger partial charge is 0.491 e. The van der Waals surface area contributed by atoms with Crippen LogP contribution < -0.4 is 15.0 Å². The molecule has 45 heavy (non-hydrogen) atoms. The lowest BCUT2D eigenvalue weighted by atomic mass is 9.93. The summed E-state index contributed by atoms with van der Waals surface area (Å²) in [6.07, 6.45) is 3.86. The third-order valence-electron chi connectivity index (χ3n) is 7.60. The predicted octanol–water partition coefficient (Wildman–Crippen LogP) is 8.35. The van der Waals surface area contributed by atoms with Crippen molar-refractivity contribution in [2.24, 2.45) is 0 Å². The van der Waals surface area contributed by atoms with Crippen molar-refractivity contribution >= 4 is 11.7 Å². The molecule has 3 aromatic rings. The second-order valence-electron chi connectivity index (χ2n) is 12.1. The van der Waals surface area contributed by atoms with Gasteiger partial charge in [0.05, 0.1) is 12.2 Å². The molecule has 12 heteroatoms. The Morgan fingerprint density at radius 3 is 2.40 bits per heavy atom. The molecule has 0 bridgehead atoms. The number of unbranched alkanes of at least 4 members (excludes halogenated alkanes) is 2. The molecule has 0 unspecified atom stereocenters. The van der Waals surface area contributed by atoms with Crippen molar-refractivity contribution in [2.75, 3.05) is 11.4 Å². The standard InChI is InChI=1S/C33H42F4N4O4/c1-21(2)43-25-14-9-22(10-15-25)27-20-24(13-18-28(27)34)41(32(42)38-23-11-16-26(17-12-23)44-31(35)36)19-7-5-6-8-29-39-30(45-40-29)33(3,4)37/h9-10,13-15,18,20-21,23,26,31H,5-8,11-12,16-17,19H2,1-4H3,(H,38,42)/t23-,26-. The van der Waals surface area contributed by atoms with Gasteiger partial charge in [-0.15, -0.1) is 0 Å². The highest BCUT2D eigenvalue weighted by atomic mass is 19.3. The number of hydrogen-bond acceptors (Lipinski definition) is 6. The van der Waals surface area contributed by atoms with Gasteiger partial charge in [0.15, 0.2) is 11.5 Å². The number of halogens is 4. The summed E-state index contributed by atoms with van der Waals surface area (Å²) in [6, 6.07) is 11.1. The predicted molar refractivity (Wildman–Crippen MR) is 163 cm³/mol. The van der Waals surface area contributed by atoms with Crippen LogP contribution in [0.2, 0.25) is 0 Å². The highest BCUT2D eigenvalue weighted by molar-refractivity contribution is 5.93. The molecule has 1 saturated carbocycles. The summed E-state index contributed by atoms with van der Waals surface area (Å²) < 4.78 is 69.8. The zero-order valence-corrected chi connectivity index (χ0v) is 26.2. The maximum Gasteiger partial charge on any atom is 0.345 e. The van der Waals surface area contributed by atoms with Crippen LogP contribution in [-0.4, -0.2) is 47.6 Å². The fourth-order valence-electron chi connectivity index (χ4n) is 5.30. The summed E-state index contributed by atoms with van der Waals surface area (Å²) >= 11 is 0. The maximum absolute atomic E-state index is 15.1. The van der Waals surface area contributed by atoms with Crippen LogP contribution >= 0.6 is 0 Å². The molecule has 2 aromatic carbocycles. The number of anilines is 1. The lowest BCUT2D eigenvalue weighted by molar-refractivity contribution is -0.170. The van der Waals surface area contributed by atoms with Gasteiger partial charge in [0.25, 0.3) is 5.89 Å². The van der Waals surface area contributed by atoms with Crippen LogP contribution in [0.15, 0.2) is 47.0 Å². The normalized spacial score (nSPS) is 17.1. The van der Waals surface area contributed by atoms with Gasteiger partial charge in [0, 0.05) is 30.3 Å². The number of benzene rings is 2. The molecule has 0 saturated heterocycles. The Kier molecular flexibility index (Phi) is 11.8. The second kappa shape index (κ2) is 15.6. The molecule has 0 spiro atoms. The Labute approximate surface area is 261 Å². The molecule has 0 radical (unpaired) electrons. The van der Waals surface area contributed by atoms with Crippen molar-refractivity contribution < 1.29 is 36.4 Å². The lowest BCUT2D eigenvalue weighted by Crippen LogP contribution is -2.47. The summed E-state index contributed by atoms with van der Waals surface area (Å²) in [6.45, 7) is 4.08. The van der Waals surface area contributed by atoms with Crippen LogP contribution in [0.3, 0.4) is 0 Å². The van der Waals surface area contributed by atoms with Crippen molar-refractivity contribution in [3.63, 3.8) is 0 Å². The molecule has 2 amide bonds. The Hall–Kier alpha value is -3.67. The first-order valence-corrected chi connectivity index (χ1v) is 15.5. The summed E-state index contributed by atoms with van der Waals surface area (Å²) in [5.41, 5.74) is -0.213. The number of nitrogens with one attached hydrogen (secondary N) is 1. The molecule has 0 aliphatic heterocycles. The highest BCUT2D eigenvalue weighted by Crippen LogP contribution is 2.31. The molecule has 1 fully saturated rings. The van der Waals surface area contributed by atoms with E-state index in [1.807, 2.05) is 13.8 Å². The third-order valence-corrected chi connectivity index (χ3v) is 7.60. The molecule has 1 heterocycles. The molecule has 1 aromatic heterocycles. The summed E-state index contributed by atoms with van der Waals surface area (Å²) in [7, 11) is 0. The average molecular weight is 635 g/mol. The van der Waals surface area contributed by atoms with E-state index in [0.717, 1.165) is 0 Å². The lowest BCUT2D eigenvalue weighted by Gasteiger charge is -2.31. The third kappa shape index (κ3) is 10.2. The molecule has 0 atom stereocenters. The number of aromatic nitrogens is 2. The first-order chi connectivity index (χ1) is 21.4. The fourth-order valence-corrected chi connectivity index (χ4v) is 5.30. The molecule has 8 nitrogen and oxygen atoms in total. The van der Waals surface area contributed by atoms with Gasteiger partial charge >= 0.3 is 12.6 Å². The van der Waals surface area contributed by atoms with Gasteiger partial charge in [-0.1, -0.05) is 23.7 Å². The maximum atomic E-state index is 15.1.